The van der Waals surface area contributed by atoms with Gasteiger partial charge >= 0.3 is 5.97 Å². The normalized spacial score (nSPS) is 12.9. The summed E-state index contributed by atoms with van der Waals surface area (Å²) < 4.78 is 4.94. The molecule has 2 atom stereocenters. The van der Waals surface area contributed by atoms with Gasteiger partial charge < -0.3 is 20.9 Å². The van der Waals surface area contributed by atoms with E-state index in [0.29, 0.717) is 18.6 Å². The van der Waals surface area contributed by atoms with Crippen molar-refractivity contribution in [3.63, 3.8) is 0 Å². The second-order valence-corrected chi connectivity index (χ2v) is 6.48. The van der Waals surface area contributed by atoms with Crippen molar-refractivity contribution in [2.75, 3.05) is 12.3 Å². The zero-order chi connectivity index (χ0) is 20.0. The van der Waals surface area contributed by atoms with E-state index in [1.54, 1.807) is 31.2 Å². The molecule has 1 heterocycles. The van der Waals surface area contributed by atoms with Gasteiger partial charge in [0.15, 0.2) is 6.10 Å². The summed E-state index contributed by atoms with van der Waals surface area (Å²) >= 11 is 5.87. The van der Waals surface area contributed by atoms with Gasteiger partial charge in [0.1, 0.15) is 5.82 Å². The number of hydrogen-bond acceptors (Lipinski definition) is 6. The number of carbonyl (C=O) groups excluding carboxylic acids is 2. The largest absolute Gasteiger partial charge is 0.462 e. The Hall–Kier alpha value is -2.64. The van der Waals surface area contributed by atoms with Crippen LogP contribution >= 0.6 is 11.6 Å². The fourth-order valence-corrected chi connectivity index (χ4v) is 2.66. The molecule has 27 heavy (non-hydrogen) atoms. The third-order valence-corrected chi connectivity index (χ3v) is 4.15. The predicted molar refractivity (Wildman–Crippen MR) is 102 cm³/mol. The molecule has 0 aliphatic rings. The first kappa shape index (κ1) is 20.7. The Morgan fingerprint density at radius 3 is 2.59 bits per heavy atom. The van der Waals surface area contributed by atoms with Gasteiger partial charge in [0, 0.05) is 17.8 Å². The summed E-state index contributed by atoms with van der Waals surface area (Å²) in [6, 6.07) is 8.13. The van der Waals surface area contributed by atoms with Crippen LogP contribution in [0.1, 0.15) is 41.4 Å². The fraction of sp³-hybridized carbons (Fsp3) is 0.316. The van der Waals surface area contributed by atoms with Gasteiger partial charge in [0.05, 0.1) is 17.2 Å². The SMILES string of the molecule is CCOC(=O)c1ccc(CC(C)NC(=O)C(O)c2cnc(N)c(Cl)c2)cc1. The van der Waals surface area contributed by atoms with E-state index in [0.717, 1.165) is 5.56 Å². The van der Waals surface area contributed by atoms with Crippen LogP contribution in [0.25, 0.3) is 0 Å². The number of nitrogen functional groups attached to an aromatic ring is 1. The molecule has 0 aliphatic carbocycles. The summed E-state index contributed by atoms with van der Waals surface area (Å²) in [4.78, 5) is 27.7. The molecule has 0 fully saturated rings. The Labute approximate surface area is 162 Å². The second kappa shape index (κ2) is 9.34. The standard InChI is InChI=1S/C19H22ClN3O4/c1-3-27-19(26)13-6-4-12(5-7-13)8-11(2)23-18(25)16(24)14-9-15(20)17(21)22-10-14/h4-7,9-11,16,24H,3,8H2,1-2H3,(H2,21,22)(H,23,25). The Morgan fingerprint density at radius 2 is 2.00 bits per heavy atom. The van der Waals surface area contributed by atoms with Crippen molar-refractivity contribution in [3.8, 4) is 0 Å². The first-order chi connectivity index (χ1) is 12.8. The van der Waals surface area contributed by atoms with E-state index in [9.17, 15) is 14.7 Å². The van der Waals surface area contributed by atoms with E-state index in [1.807, 2.05) is 6.92 Å². The molecule has 0 saturated heterocycles. The number of amides is 1. The molecule has 0 spiro atoms. The first-order valence-electron chi connectivity index (χ1n) is 8.47. The highest BCUT2D eigenvalue weighted by atomic mass is 35.5. The number of aromatic nitrogens is 1. The maximum atomic E-state index is 12.2. The lowest BCUT2D eigenvalue weighted by atomic mass is 10.0. The lowest BCUT2D eigenvalue weighted by molar-refractivity contribution is -0.130. The van der Waals surface area contributed by atoms with E-state index in [2.05, 4.69) is 10.3 Å². The molecule has 1 amide bonds. The number of aliphatic hydroxyl groups is 1. The highest BCUT2D eigenvalue weighted by Crippen LogP contribution is 2.21. The molecular weight excluding hydrogens is 370 g/mol. The summed E-state index contributed by atoms with van der Waals surface area (Å²) in [6.07, 6.45) is 0.441. The third kappa shape index (κ3) is 5.67. The number of hydrogen-bond donors (Lipinski definition) is 3. The zero-order valence-electron chi connectivity index (χ0n) is 15.1. The molecule has 7 nitrogen and oxygen atoms in total. The number of aliphatic hydroxyl groups excluding tert-OH is 1. The van der Waals surface area contributed by atoms with E-state index < -0.39 is 12.0 Å². The molecule has 2 unspecified atom stereocenters. The van der Waals surface area contributed by atoms with Crippen LogP contribution in [0, 0.1) is 0 Å². The molecule has 144 valence electrons. The molecular formula is C19H22ClN3O4. The monoisotopic (exact) mass is 391 g/mol. The Bertz CT molecular complexity index is 811. The van der Waals surface area contributed by atoms with Crippen LogP contribution in [-0.4, -0.2) is 34.6 Å². The summed E-state index contributed by atoms with van der Waals surface area (Å²) in [5.74, 6) is -0.801. The number of benzene rings is 1. The molecule has 1 aromatic carbocycles. The molecule has 0 bridgehead atoms. The van der Waals surface area contributed by atoms with Crippen LogP contribution in [0.2, 0.25) is 5.02 Å². The smallest absolute Gasteiger partial charge is 0.338 e. The van der Waals surface area contributed by atoms with Gasteiger partial charge in [-0.3, -0.25) is 4.79 Å². The Morgan fingerprint density at radius 1 is 1.33 bits per heavy atom. The zero-order valence-corrected chi connectivity index (χ0v) is 15.9. The van der Waals surface area contributed by atoms with Crippen molar-refractivity contribution in [2.45, 2.75) is 32.4 Å². The van der Waals surface area contributed by atoms with Crippen LogP contribution in [0.3, 0.4) is 0 Å². The molecule has 2 rings (SSSR count). The summed E-state index contributed by atoms with van der Waals surface area (Å²) in [7, 11) is 0. The maximum Gasteiger partial charge on any atom is 0.338 e. The van der Waals surface area contributed by atoms with Gasteiger partial charge in [-0.05, 0) is 44.0 Å². The maximum absolute atomic E-state index is 12.2. The lowest BCUT2D eigenvalue weighted by Gasteiger charge is -2.17. The van der Waals surface area contributed by atoms with Gasteiger partial charge in [-0.25, -0.2) is 9.78 Å². The predicted octanol–water partition coefficient (Wildman–Crippen LogP) is 2.27. The summed E-state index contributed by atoms with van der Waals surface area (Å²) in [5.41, 5.74) is 7.19. The molecule has 1 aromatic heterocycles. The highest BCUT2D eigenvalue weighted by molar-refractivity contribution is 6.32. The number of carbonyl (C=O) groups is 2. The van der Waals surface area contributed by atoms with E-state index in [4.69, 9.17) is 22.1 Å². The van der Waals surface area contributed by atoms with E-state index >= 15 is 0 Å². The van der Waals surface area contributed by atoms with Gasteiger partial charge in [0.2, 0.25) is 0 Å². The minimum atomic E-state index is -1.40. The van der Waals surface area contributed by atoms with Crippen molar-refractivity contribution in [3.05, 3.63) is 58.2 Å². The van der Waals surface area contributed by atoms with Crippen LogP contribution < -0.4 is 11.1 Å². The molecule has 0 aliphatic heterocycles. The van der Waals surface area contributed by atoms with Crippen molar-refractivity contribution < 1.29 is 19.4 Å². The average molecular weight is 392 g/mol. The summed E-state index contributed by atoms with van der Waals surface area (Å²) in [5, 5.41) is 13.1. The fourth-order valence-electron chi connectivity index (χ4n) is 2.48. The van der Waals surface area contributed by atoms with Gasteiger partial charge in [-0.2, -0.15) is 0 Å². The van der Waals surface area contributed by atoms with Crippen LogP contribution in [0.15, 0.2) is 36.5 Å². The van der Waals surface area contributed by atoms with Crippen LogP contribution in [-0.2, 0) is 16.0 Å². The number of rotatable bonds is 7. The topological polar surface area (TPSA) is 115 Å². The minimum absolute atomic E-state index is 0.132. The van der Waals surface area contributed by atoms with Gasteiger partial charge in [-0.15, -0.1) is 0 Å². The van der Waals surface area contributed by atoms with Crippen LogP contribution in [0.5, 0.6) is 0 Å². The third-order valence-electron chi connectivity index (χ3n) is 3.85. The van der Waals surface area contributed by atoms with Crippen molar-refractivity contribution in [1.29, 1.82) is 0 Å². The van der Waals surface area contributed by atoms with E-state index in [-0.39, 0.29) is 28.4 Å². The second-order valence-electron chi connectivity index (χ2n) is 6.07. The quantitative estimate of drug-likeness (QED) is 0.624. The molecule has 2 aromatic rings. The van der Waals surface area contributed by atoms with Crippen molar-refractivity contribution in [2.24, 2.45) is 0 Å². The molecule has 0 saturated carbocycles. The van der Waals surface area contributed by atoms with Crippen LogP contribution in [0.4, 0.5) is 5.82 Å². The van der Waals surface area contributed by atoms with Gasteiger partial charge in [-0.1, -0.05) is 23.7 Å². The number of anilines is 1. The number of nitrogens with two attached hydrogens (primary N) is 1. The number of esters is 1. The average Bonchev–Trinajstić information content (AvgIpc) is 2.64. The summed E-state index contributed by atoms with van der Waals surface area (Å²) in [6.45, 7) is 3.89. The number of nitrogens with zero attached hydrogens (tertiary/aromatic N) is 1. The van der Waals surface area contributed by atoms with Crippen molar-refractivity contribution >= 4 is 29.3 Å². The number of nitrogens with one attached hydrogen (secondary N) is 1. The first-order valence-corrected chi connectivity index (χ1v) is 8.85. The number of ether oxygens (including phenoxy) is 1. The van der Waals surface area contributed by atoms with Gasteiger partial charge in [0.25, 0.3) is 5.91 Å². The highest BCUT2D eigenvalue weighted by Gasteiger charge is 2.20. The number of halogens is 1. The Kier molecular flexibility index (Phi) is 7.15. The lowest BCUT2D eigenvalue weighted by Crippen LogP contribution is -2.37. The molecule has 0 radical (unpaired) electrons. The van der Waals surface area contributed by atoms with Crippen molar-refractivity contribution in [1.82, 2.24) is 10.3 Å². The molecule has 4 N–H and O–H groups in total. The van der Waals surface area contributed by atoms with E-state index in [1.165, 1.54) is 12.3 Å². The minimum Gasteiger partial charge on any atom is -0.462 e. The Balaban J connectivity index is 1.94. The molecule has 8 heteroatoms. The number of pyridine rings is 1.